The van der Waals surface area contributed by atoms with Crippen LogP contribution in [0.5, 0.6) is 5.75 Å². The number of amides is 1. The third kappa shape index (κ3) is 6.82. The summed E-state index contributed by atoms with van der Waals surface area (Å²) in [4.78, 5) is 32.8. The van der Waals surface area contributed by atoms with Crippen LogP contribution in [0.15, 0.2) is 42.0 Å². The molecule has 14 heteroatoms. The van der Waals surface area contributed by atoms with Crippen molar-refractivity contribution in [3.05, 3.63) is 47.6 Å². The number of ether oxygens (including phenoxy) is 1. The number of ketones is 1. The number of carbonyl (C=O) groups excluding carboxylic acids is 2. The van der Waals surface area contributed by atoms with E-state index in [4.69, 9.17) is 4.74 Å². The molecular formula is C53H75NO11S2. The Morgan fingerprint density at radius 3 is 2.52 bits per heavy atom. The maximum absolute atomic E-state index is 15.6. The van der Waals surface area contributed by atoms with E-state index in [1.165, 1.54) is 0 Å². The van der Waals surface area contributed by atoms with E-state index in [2.05, 4.69) is 32.9 Å². The van der Waals surface area contributed by atoms with Crippen LogP contribution in [0.3, 0.4) is 0 Å². The minimum absolute atomic E-state index is 0.0214. The zero-order valence-electron chi connectivity index (χ0n) is 39.8. The van der Waals surface area contributed by atoms with Crippen molar-refractivity contribution in [2.75, 3.05) is 37.0 Å². The summed E-state index contributed by atoms with van der Waals surface area (Å²) in [5.74, 6) is -1.06. The number of phenols is 1. The van der Waals surface area contributed by atoms with E-state index in [-0.39, 0.29) is 84.3 Å². The number of anilines is 1. The Kier molecular flexibility index (Phi) is 12.4. The number of carbonyl (C=O) groups is 2. The third-order valence-corrected chi connectivity index (χ3v) is 23.8. The van der Waals surface area contributed by atoms with E-state index < -0.39 is 69.1 Å². The van der Waals surface area contributed by atoms with Crippen LogP contribution in [-0.4, -0.2) is 125 Å². The first-order chi connectivity index (χ1) is 31.8. The highest BCUT2D eigenvalue weighted by atomic mass is 33.1. The molecule has 0 radical (unpaired) electrons. The third-order valence-electron chi connectivity index (χ3n) is 20.7. The summed E-state index contributed by atoms with van der Waals surface area (Å²) < 4.78 is 6.50. The van der Waals surface area contributed by atoms with Crippen LogP contribution >= 0.6 is 21.6 Å². The summed E-state index contributed by atoms with van der Waals surface area (Å²) in [6.45, 7) is 8.08. The molecule has 6 fully saturated rings. The van der Waals surface area contributed by atoms with Crippen molar-refractivity contribution < 1.29 is 55.2 Å². The molecule has 67 heavy (non-hydrogen) atoms. The number of aliphatic hydroxyl groups is 7. The lowest BCUT2D eigenvalue weighted by molar-refractivity contribution is -0.222. The van der Waals surface area contributed by atoms with Gasteiger partial charge in [-0.05, 0) is 154 Å². The molecule has 1 amide bonds. The van der Waals surface area contributed by atoms with Crippen LogP contribution in [0, 0.1) is 63.1 Å². The van der Waals surface area contributed by atoms with Gasteiger partial charge in [0.1, 0.15) is 23.1 Å². The maximum atomic E-state index is 15.6. The highest BCUT2D eigenvalue weighted by molar-refractivity contribution is 8.77. The first kappa shape index (κ1) is 48.6. The number of fused-ring (bicyclic) bond motifs is 1. The maximum Gasteiger partial charge on any atom is 0.233 e. The number of hydrogen-bond donors (Lipinski definition) is 8. The average molecular weight is 966 g/mol. The van der Waals surface area contributed by atoms with E-state index in [1.54, 1.807) is 44.7 Å². The monoisotopic (exact) mass is 965 g/mol. The second-order valence-corrected chi connectivity index (χ2v) is 26.1. The van der Waals surface area contributed by atoms with E-state index >= 15 is 9.59 Å². The molecule has 3 spiro atoms. The molecular weight excluding hydrogens is 891 g/mol. The van der Waals surface area contributed by atoms with Crippen molar-refractivity contribution in [2.24, 2.45) is 63.1 Å². The lowest BCUT2D eigenvalue weighted by Crippen LogP contribution is -2.71. The molecule has 1 aromatic carbocycles. The van der Waals surface area contributed by atoms with Crippen LogP contribution < -0.4 is 4.90 Å². The van der Waals surface area contributed by atoms with Gasteiger partial charge in [0.15, 0.2) is 5.78 Å². The topological polar surface area (TPSA) is 212 Å². The molecule has 11 aliphatic rings. The normalized spacial score (nSPS) is 47.4. The number of rotatable bonds is 8. The van der Waals surface area contributed by atoms with Gasteiger partial charge in [0.05, 0.1) is 35.2 Å². The molecule has 0 unspecified atom stereocenters. The van der Waals surface area contributed by atoms with E-state index in [0.717, 1.165) is 18.4 Å². The van der Waals surface area contributed by atoms with Crippen LogP contribution in [0.2, 0.25) is 0 Å². The molecule has 8 bridgehead atoms. The number of epoxide rings is 1. The number of hydrogen-bond acceptors (Lipinski definition) is 13. The van der Waals surface area contributed by atoms with Crippen molar-refractivity contribution in [3.8, 4) is 5.75 Å². The van der Waals surface area contributed by atoms with E-state index in [0.29, 0.717) is 87.9 Å². The van der Waals surface area contributed by atoms with E-state index in [1.807, 2.05) is 13.0 Å². The van der Waals surface area contributed by atoms with Gasteiger partial charge in [0, 0.05) is 53.8 Å². The molecule has 12 nitrogen and oxygen atoms in total. The van der Waals surface area contributed by atoms with Gasteiger partial charge in [-0.2, -0.15) is 0 Å². The molecule has 5 aliphatic heterocycles. The van der Waals surface area contributed by atoms with Crippen LogP contribution in [-0.2, 0) is 20.7 Å². The van der Waals surface area contributed by atoms with Crippen molar-refractivity contribution in [1.29, 1.82) is 0 Å². The summed E-state index contributed by atoms with van der Waals surface area (Å²) in [5, 5.41) is 94.9. The lowest BCUT2D eigenvalue weighted by atomic mass is 9.38. The quantitative estimate of drug-likeness (QED) is 0.0870. The largest absolute Gasteiger partial charge is 0.508 e. The summed E-state index contributed by atoms with van der Waals surface area (Å²) in [6.07, 6.45) is 10.2. The molecule has 6 aliphatic carbocycles. The number of nitrogens with zero attached hydrogens (tertiary/aromatic N) is 1. The summed E-state index contributed by atoms with van der Waals surface area (Å²) >= 11 is 0. The van der Waals surface area contributed by atoms with Gasteiger partial charge in [-0.15, -0.1) is 0 Å². The number of aryl methyl sites for hydroxylation is 1. The van der Waals surface area contributed by atoms with Crippen molar-refractivity contribution >= 4 is 39.0 Å². The van der Waals surface area contributed by atoms with Gasteiger partial charge < -0.3 is 50.5 Å². The van der Waals surface area contributed by atoms with Gasteiger partial charge in [0.25, 0.3) is 0 Å². The zero-order valence-corrected chi connectivity index (χ0v) is 41.4. The zero-order chi connectivity index (χ0) is 47.7. The van der Waals surface area contributed by atoms with E-state index in [9.17, 15) is 40.9 Å². The minimum Gasteiger partial charge on any atom is -0.508 e. The van der Waals surface area contributed by atoms with Gasteiger partial charge in [0.2, 0.25) is 5.91 Å². The first-order valence-corrected chi connectivity index (χ1v) is 27.9. The fourth-order valence-electron chi connectivity index (χ4n) is 16.8. The Bertz CT molecular complexity index is 2190. The fourth-order valence-corrected chi connectivity index (χ4v) is 20.6. The van der Waals surface area contributed by atoms with Gasteiger partial charge in [-0.3, -0.25) is 9.59 Å². The van der Waals surface area contributed by atoms with Gasteiger partial charge >= 0.3 is 0 Å². The van der Waals surface area contributed by atoms with Crippen molar-refractivity contribution in [1.82, 2.24) is 0 Å². The summed E-state index contributed by atoms with van der Waals surface area (Å²) in [6, 6.07) is 5.37. The predicted molar refractivity (Wildman–Crippen MR) is 258 cm³/mol. The minimum atomic E-state index is -1.90. The number of benzene rings is 1. The predicted octanol–water partition coefficient (Wildman–Crippen LogP) is 5.89. The molecule has 0 aromatic heterocycles. The number of phenolic OH excluding ortho intramolecular Hbond substituents is 1. The van der Waals surface area contributed by atoms with Crippen LogP contribution in [0.1, 0.15) is 117 Å². The molecule has 5 heterocycles. The highest BCUT2D eigenvalue weighted by Gasteiger charge is 2.78. The smallest absolute Gasteiger partial charge is 0.233 e. The highest BCUT2D eigenvalue weighted by Crippen LogP contribution is 2.76. The van der Waals surface area contributed by atoms with Crippen LogP contribution in [0.4, 0.5) is 5.69 Å². The lowest BCUT2D eigenvalue weighted by Gasteiger charge is -2.67. The summed E-state index contributed by atoms with van der Waals surface area (Å²) in [5.41, 5.74) is -6.93. The molecule has 370 valence electrons. The average Bonchev–Trinajstić information content (AvgIpc) is 3.98. The Balaban J connectivity index is 1.16. The second kappa shape index (κ2) is 17.1. The van der Waals surface area contributed by atoms with Crippen LogP contribution in [0.25, 0.3) is 0 Å². The van der Waals surface area contributed by atoms with Crippen molar-refractivity contribution in [2.45, 2.75) is 158 Å². The first-order valence-electron chi connectivity index (χ1n) is 25.5. The Morgan fingerprint density at radius 2 is 1.79 bits per heavy atom. The Morgan fingerprint density at radius 1 is 1.00 bits per heavy atom. The molecule has 2 saturated heterocycles. The van der Waals surface area contributed by atoms with Gasteiger partial charge in [-0.25, -0.2) is 0 Å². The Labute approximate surface area is 403 Å². The summed E-state index contributed by atoms with van der Waals surface area (Å²) in [7, 11) is 3.17. The molecule has 4 saturated carbocycles. The molecule has 17 atom stereocenters. The number of allylic oxidation sites excluding steroid dienone is 2. The molecule has 1 aromatic rings. The Hall–Kier alpha value is -1.98. The SMILES string of the molecule is CC(C)[C@@H](C)[C@@H]1O[C@H]1[C@@]1(O)CC=C[C@@H]2C[C@H]3C4=CC(=O)[C@]5(CSS[C@@H](CCCO)[C@@H]6CCC[C@H](CO)[C@@]67CCN(C7=O)c6cc(O)cc(c6)CC[C@]26[C@@H]1CC[C@@]46O)C[C@@H](O)[C@](O)(CO)C[C@]35C. The van der Waals surface area contributed by atoms with Crippen molar-refractivity contribution in [3.63, 3.8) is 0 Å². The standard InChI is InChI=1S/C53H75NO11S2/c1-30(2)31(3)44-45(65-44)52(63)14-6-9-33-22-38-39-24-42(59)48(25-43(60)49(62,28-57)27-47(38,48)4)29-66-67-40(11-7-19-55)37-10-5-8-34(26-56)50(37)17-18-54(46(50)61)35-20-32(21-36(58)23-35)12-15-51(33)41(52)13-16-53(39,51)64/h6,9,20-21,23-24,30-31,33-34,37-38,40-41,43-45,55-58,60,62-64H,5,7-8,10-19,22,25-29H2,1-4H3/t31-,33-,34-,37+,38+,40+,41+,43-,44+,45-,47-,48-,49-,50+,51-,52-,53-/m1/s1. The number of aromatic hydroxyl groups is 1. The molecule has 12 rings (SSSR count). The fraction of sp³-hybridized carbons (Fsp3) is 0.774. The number of aliphatic hydroxyl groups excluding tert-OH is 4. The second-order valence-electron chi connectivity index (χ2n) is 23.5. The van der Waals surface area contributed by atoms with Gasteiger partial charge in [-0.1, -0.05) is 67.9 Å². The molecule has 8 N–H and O–H groups in total.